The molecule has 0 aliphatic carbocycles. The summed E-state index contributed by atoms with van der Waals surface area (Å²) in [5.41, 5.74) is 3.49. The lowest BCUT2D eigenvalue weighted by Crippen LogP contribution is -2.44. The van der Waals surface area contributed by atoms with Gasteiger partial charge in [-0.25, -0.2) is 4.39 Å². The van der Waals surface area contributed by atoms with E-state index in [4.69, 9.17) is 4.74 Å². The molecular weight excluding hydrogens is 471 g/mol. The van der Waals surface area contributed by atoms with Crippen molar-refractivity contribution in [2.75, 3.05) is 43.4 Å². The minimum Gasteiger partial charge on any atom is -0.421 e. The first-order valence-electron chi connectivity index (χ1n) is 12.2. The summed E-state index contributed by atoms with van der Waals surface area (Å²) < 4.78 is 21.1. The highest BCUT2D eigenvalue weighted by molar-refractivity contribution is 5.82. The number of benzene rings is 2. The van der Waals surface area contributed by atoms with Crippen LogP contribution in [0.4, 0.5) is 21.8 Å². The van der Waals surface area contributed by atoms with Gasteiger partial charge < -0.3 is 24.8 Å². The van der Waals surface area contributed by atoms with Crippen molar-refractivity contribution in [3.63, 3.8) is 0 Å². The maximum Gasteiger partial charge on any atom is 0.326 e. The number of anilines is 3. The average molecular weight is 499 g/mol. The Morgan fingerprint density at radius 1 is 0.946 bits per heavy atom. The number of nitrogens with one attached hydrogen (secondary N) is 3. The van der Waals surface area contributed by atoms with Crippen LogP contribution in [0.1, 0.15) is 5.69 Å². The number of rotatable bonds is 6. The number of ether oxygens (including phenoxy) is 1. The molecule has 0 amide bonds. The molecule has 1 saturated heterocycles. The van der Waals surface area contributed by atoms with E-state index in [1.54, 1.807) is 18.2 Å². The van der Waals surface area contributed by atoms with Gasteiger partial charge in [-0.05, 0) is 37.7 Å². The van der Waals surface area contributed by atoms with Crippen molar-refractivity contribution < 1.29 is 9.13 Å². The van der Waals surface area contributed by atoms with Crippen LogP contribution >= 0.6 is 0 Å². The lowest BCUT2D eigenvalue weighted by atomic mass is 10.2. The number of likely N-dealkylation sites (N-methyl/N-ethyl adjacent to an activating group) is 1. The zero-order valence-electron chi connectivity index (χ0n) is 20.6. The predicted molar refractivity (Wildman–Crippen MR) is 142 cm³/mol. The second-order valence-electron chi connectivity index (χ2n) is 9.24. The molecule has 2 aromatic carbocycles. The highest BCUT2D eigenvalue weighted by Crippen LogP contribution is 2.31. The Labute approximate surface area is 213 Å². The largest absolute Gasteiger partial charge is 0.421 e. The molecule has 0 unspecified atom stereocenters. The monoisotopic (exact) mass is 498 g/mol. The lowest BCUT2D eigenvalue weighted by Gasteiger charge is -2.33. The standard InChI is InChI=1S/C27H27FN8O/c1-17-14-19-20(29-17)8-9-22(26(19)28)37-27-31-23(16-25(32-27)36-12-10-35(2)11-13-36)30-24-15-21(33-34-24)18-6-4-3-5-7-18/h3-9,14-16,29H,10-13H2,1-2H3,(H2,30,31,32,33,34). The number of aromatic amines is 2. The van der Waals surface area contributed by atoms with Crippen molar-refractivity contribution >= 4 is 28.4 Å². The SMILES string of the molecule is Cc1cc2c(F)c(Oc3nc(Nc4cc(-c5ccccc5)[nH]n4)cc(N4CCN(C)CC4)n3)ccc2[nH]1. The topological polar surface area (TPSA) is 98.0 Å². The van der Waals surface area contributed by atoms with Gasteiger partial charge in [0.1, 0.15) is 11.6 Å². The number of piperazine rings is 1. The van der Waals surface area contributed by atoms with E-state index >= 15 is 4.39 Å². The van der Waals surface area contributed by atoms with Crippen LogP contribution in [0, 0.1) is 12.7 Å². The van der Waals surface area contributed by atoms with Crippen molar-refractivity contribution in [2.45, 2.75) is 6.92 Å². The molecule has 0 atom stereocenters. The normalized spacial score (nSPS) is 14.3. The first-order valence-corrected chi connectivity index (χ1v) is 12.2. The van der Waals surface area contributed by atoms with Gasteiger partial charge >= 0.3 is 6.01 Å². The summed E-state index contributed by atoms with van der Waals surface area (Å²) in [5.74, 6) is 1.43. The van der Waals surface area contributed by atoms with Crippen molar-refractivity contribution in [1.29, 1.82) is 0 Å². The molecule has 0 spiro atoms. The number of H-pyrrole nitrogens is 2. The molecule has 0 saturated carbocycles. The number of aromatic nitrogens is 5. The minimum absolute atomic E-state index is 0.0586. The van der Waals surface area contributed by atoms with Gasteiger partial charge in [-0.1, -0.05) is 30.3 Å². The van der Waals surface area contributed by atoms with Crippen LogP contribution in [0.15, 0.2) is 60.7 Å². The molecule has 1 aliphatic rings. The Hall–Kier alpha value is -4.44. The van der Waals surface area contributed by atoms with Crippen LogP contribution < -0.4 is 15.0 Å². The third kappa shape index (κ3) is 4.83. The second kappa shape index (κ2) is 9.55. The Bertz CT molecular complexity index is 1540. The highest BCUT2D eigenvalue weighted by Gasteiger charge is 2.20. The van der Waals surface area contributed by atoms with Crippen LogP contribution in [-0.2, 0) is 0 Å². The van der Waals surface area contributed by atoms with Gasteiger partial charge in [0.2, 0.25) is 0 Å². The van der Waals surface area contributed by atoms with Crippen molar-refractivity contribution in [2.24, 2.45) is 0 Å². The summed E-state index contributed by atoms with van der Waals surface area (Å²) in [7, 11) is 2.10. The van der Waals surface area contributed by atoms with Gasteiger partial charge in [0, 0.05) is 54.9 Å². The Morgan fingerprint density at radius 2 is 1.76 bits per heavy atom. The zero-order valence-corrected chi connectivity index (χ0v) is 20.6. The highest BCUT2D eigenvalue weighted by atomic mass is 19.1. The van der Waals surface area contributed by atoms with Gasteiger partial charge in [0.15, 0.2) is 17.4 Å². The van der Waals surface area contributed by atoms with Gasteiger partial charge in [-0.2, -0.15) is 15.1 Å². The Morgan fingerprint density at radius 3 is 2.57 bits per heavy atom. The van der Waals surface area contributed by atoms with Gasteiger partial charge in [0.25, 0.3) is 0 Å². The summed E-state index contributed by atoms with van der Waals surface area (Å²) in [5, 5.41) is 11.1. The molecule has 1 fully saturated rings. The number of nitrogens with zero attached hydrogens (tertiary/aromatic N) is 5. The number of hydrogen-bond acceptors (Lipinski definition) is 7. The fraction of sp³-hybridized carbons (Fsp3) is 0.222. The number of fused-ring (bicyclic) bond motifs is 1. The van der Waals surface area contributed by atoms with Crippen molar-refractivity contribution in [1.82, 2.24) is 30.0 Å². The van der Waals surface area contributed by atoms with E-state index in [1.807, 2.05) is 49.4 Å². The van der Waals surface area contributed by atoms with E-state index in [0.29, 0.717) is 28.4 Å². The van der Waals surface area contributed by atoms with Gasteiger partial charge in [0.05, 0.1) is 5.69 Å². The van der Waals surface area contributed by atoms with Crippen LogP contribution in [0.3, 0.4) is 0 Å². The molecule has 37 heavy (non-hydrogen) atoms. The molecule has 9 nitrogen and oxygen atoms in total. The van der Waals surface area contributed by atoms with E-state index < -0.39 is 5.82 Å². The molecule has 10 heteroatoms. The maximum atomic E-state index is 15.2. The first kappa shape index (κ1) is 23.0. The number of halogens is 1. The first-order chi connectivity index (χ1) is 18.0. The average Bonchev–Trinajstić information content (AvgIpc) is 3.53. The minimum atomic E-state index is -0.454. The van der Waals surface area contributed by atoms with E-state index in [1.165, 1.54) is 0 Å². The molecular formula is C27H27FN8O. The van der Waals surface area contributed by atoms with Gasteiger partial charge in [-0.3, -0.25) is 5.10 Å². The van der Waals surface area contributed by atoms with Crippen molar-refractivity contribution in [3.8, 4) is 23.0 Å². The molecule has 0 bridgehead atoms. The predicted octanol–water partition coefficient (Wildman–Crippen LogP) is 5.08. The molecule has 188 valence electrons. The van der Waals surface area contributed by atoms with E-state index in [-0.39, 0.29) is 11.8 Å². The molecule has 0 radical (unpaired) electrons. The second-order valence-corrected chi connectivity index (χ2v) is 9.24. The fourth-order valence-electron chi connectivity index (χ4n) is 4.47. The summed E-state index contributed by atoms with van der Waals surface area (Å²) in [6, 6.07) is 18.9. The fourth-order valence-corrected chi connectivity index (χ4v) is 4.47. The zero-order chi connectivity index (χ0) is 25.4. The molecule has 1 aliphatic heterocycles. The van der Waals surface area contributed by atoms with Crippen LogP contribution in [0.2, 0.25) is 0 Å². The smallest absolute Gasteiger partial charge is 0.326 e. The number of hydrogen-bond donors (Lipinski definition) is 3. The summed E-state index contributed by atoms with van der Waals surface area (Å²) in [6.45, 7) is 5.35. The van der Waals surface area contributed by atoms with Gasteiger partial charge in [-0.15, -0.1) is 0 Å². The van der Waals surface area contributed by atoms with Crippen LogP contribution in [0.25, 0.3) is 22.2 Å². The quantitative estimate of drug-likeness (QED) is 0.300. The van der Waals surface area contributed by atoms with Crippen LogP contribution in [-0.4, -0.2) is 63.3 Å². The Balaban J connectivity index is 1.32. The van der Waals surface area contributed by atoms with E-state index in [9.17, 15) is 0 Å². The molecule has 6 rings (SSSR count). The van der Waals surface area contributed by atoms with E-state index in [0.717, 1.165) is 43.1 Å². The molecule has 3 aromatic heterocycles. The summed E-state index contributed by atoms with van der Waals surface area (Å²) >= 11 is 0. The number of aryl methyl sites for hydroxylation is 1. The summed E-state index contributed by atoms with van der Waals surface area (Å²) in [6.07, 6.45) is 0. The maximum absolute atomic E-state index is 15.2. The van der Waals surface area contributed by atoms with Crippen molar-refractivity contribution in [3.05, 3.63) is 72.2 Å². The molecule has 3 N–H and O–H groups in total. The van der Waals surface area contributed by atoms with E-state index in [2.05, 4.69) is 47.3 Å². The lowest BCUT2D eigenvalue weighted by molar-refractivity contribution is 0.311. The molecule has 4 heterocycles. The third-order valence-electron chi connectivity index (χ3n) is 6.48. The third-order valence-corrected chi connectivity index (χ3v) is 6.48. The molecule has 5 aromatic rings. The summed E-state index contributed by atoms with van der Waals surface area (Å²) in [4.78, 5) is 16.7. The Kier molecular flexibility index (Phi) is 5.93. The van der Waals surface area contributed by atoms with Crippen LogP contribution in [0.5, 0.6) is 11.8 Å².